The molecule has 0 aliphatic carbocycles. The molecule has 1 amide bonds. The lowest BCUT2D eigenvalue weighted by Crippen LogP contribution is -2.30. The van der Waals surface area contributed by atoms with E-state index in [-0.39, 0.29) is 12.2 Å². The Morgan fingerprint density at radius 1 is 1.24 bits per heavy atom. The topological polar surface area (TPSA) is 55.4 Å². The Labute approximate surface area is 119 Å². The van der Waals surface area contributed by atoms with Crippen LogP contribution in [-0.4, -0.2) is 25.4 Å². The molecule has 0 radical (unpaired) electrons. The molecule has 0 aliphatic rings. The quantitative estimate of drug-likeness (QED) is 0.496. The van der Waals surface area contributed by atoms with Crippen LogP contribution in [0.25, 0.3) is 0 Å². The van der Waals surface area contributed by atoms with Crippen molar-refractivity contribution in [2.24, 2.45) is 0 Å². The fourth-order valence-corrected chi connectivity index (χ4v) is 1.63. The summed E-state index contributed by atoms with van der Waals surface area (Å²) in [7, 11) is 1.30. The van der Waals surface area contributed by atoms with Gasteiger partial charge in [-0.2, -0.15) is 0 Å². The summed E-state index contributed by atoms with van der Waals surface area (Å²) in [6.45, 7) is 0.683. The van der Waals surface area contributed by atoms with E-state index >= 15 is 0 Å². The number of amides is 1. The fourth-order valence-electron chi connectivity index (χ4n) is 1.63. The number of ether oxygens (including phenoxy) is 1. The molecule has 21 heavy (non-hydrogen) atoms. The minimum absolute atomic E-state index is 0.181. The monoisotopic (exact) mass is 301 g/mol. The number of allylic oxidation sites excluding steroid dienone is 1. The van der Waals surface area contributed by atoms with E-state index in [0.717, 1.165) is 0 Å². The highest BCUT2D eigenvalue weighted by Gasteiger charge is 2.18. The number of hydrogen-bond donors (Lipinski definition) is 1. The SMILES string of the molecule is C/C=C(/C(=O)COC)C(=O)NCc1c(F)cc(F)cc1F. The molecular formula is C14H14F3NO3. The molecule has 0 unspecified atom stereocenters. The van der Waals surface area contributed by atoms with Gasteiger partial charge in [0.25, 0.3) is 5.91 Å². The molecule has 0 aliphatic heterocycles. The van der Waals surface area contributed by atoms with Crippen molar-refractivity contribution in [1.29, 1.82) is 0 Å². The number of methoxy groups -OCH3 is 1. The molecule has 114 valence electrons. The van der Waals surface area contributed by atoms with Gasteiger partial charge in [0.05, 0.1) is 5.57 Å². The minimum atomic E-state index is -1.11. The van der Waals surface area contributed by atoms with Gasteiger partial charge in [-0.25, -0.2) is 13.2 Å². The van der Waals surface area contributed by atoms with Gasteiger partial charge in [-0.15, -0.1) is 0 Å². The number of carbonyl (C=O) groups excluding carboxylic acids is 2. The van der Waals surface area contributed by atoms with Gasteiger partial charge in [0.1, 0.15) is 24.1 Å². The summed E-state index contributed by atoms with van der Waals surface area (Å²) >= 11 is 0. The first kappa shape index (κ1) is 16.9. The van der Waals surface area contributed by atoms with Gasteiger partial charge in [0, 0.05) is 31.4 Å². The van der Waals surface area contributed by atoms with E-state index in [1.807, 2.05) is 0 Å². The molecule has 4 nitrogen and oxygen atoms in total. The van der Waals surface area contributed by atoms with Crippen LogP contribution in [0.2, 0.25) is 0 Å². The first-order valence-electron chi connectivity index (χ1n) is 6.00. The highest BCUT2D eigenvalue weighted by molar-refractivity contribution is 6.19. The van der Waals surface area contributed by atoms with Gasteiger partial charge in [-0.3, -0.25) is 9.59 Å². The zero-order valence-corrected chi connectivity index (χ0v) is 11.5. The van der Waals surface area contributed by atoms with E-state index < -0.39 is 41.3 Å². The maximum absolute atomic E-state index is 13.4. The van der Waals surface area contributed by atoms with Crippen molar-refractivity contribution in [3.8, 4) is 0 Å². The van der Waals surface area contributed by atoms with Crippen molar-refractivity contribution in [3.63, 3.8) is 0 Å². The lowest BCUT2D eigenvalue weighted by Gasteiger charge is -2.09. The molecule has 0 bridgehead atoms. The molecule has 0 aromatic heterocycles. The zero-order chi connectivity index (χ0) is 16.0. The number of nitrogens with one attached hydrogen (secondary N) is 1. The van der Waals surface area contributed by atoms with E-state index in [1.165, 1.54) is 20.1 Å². The van der Waals surface area contributed by atoms with Crippen molar-refractivity contribution >= 4 is 11.7 Å². The molecule has 1 aromatic carbocycles. The number of ketones is 1. The lowest BCUT2D eigenvalue weighted by atomic mass is 10.1. The number of rotatable bonds is 6. The zero-order valence-electron chi connectivity index (χ0n) is 11.5. The van der Waals surface area contributed by atoms with E-state index in [4.69, 9.17) is 0 Å². The van der Waals surface area contributed by atoms with Crippen molar-refractivity contribution in [1.82, 2.24) is 5.32 Å². The molecule has 7 heteroatoms. The standard InChI is InChI=1S/C14H14F3NO3/c1-3-9(13(19)7-21-2)14(20)18-6-10-11(16)4-8(15)5-12(10)17/h3-5H,6-7H2,1-2H3,(H,18,20)/b9-3-. The summed E-state index contributed by atoms with van der Waals surface area (Å²) in [4.78, 5) is 23.3. The molecule has 0 spiro atoms. The lowest BCUT2D eigenvalue weighted by molar-refractivity contribution is -0.124. The highest BCUT2D eigenvalue weighted by Crippen LogP contribution is 2.14. The Hall–Kier alpha value is -2.15. The molecular weight excluding hydrogens is 287 g/mol. The normalized spacial score (nSPS) is 11.4. The molecule has 0 fully saturated rings. The summed E-state index contributed by atoms with van der Waals surface area (Å²) in [6.07, 6.45) is 1.27. The average Bonchev–Trinajstić information content (AvgIpc) is 2.38. The summed E-state index contributed by atoms with van der Waals surface area (Å²) in [5.74, 6) is -4.62. The van der Waals surface area contributed by atoms with Crippen LogP contribution in [0, 0.1) is 17.5 Å². The third kappa shape index (κ3) is 4.42. The Bertz CT molecular complexity index is 562. The Kier molecular flexibility index (Phi) is 6.10. The molecule has 0 atom stereocenters. The van der Waals surface area contributed by atoms with E-state index in [9.17, 15) is 22.8 Å². The van der Waals surface area contributed by atoms with Crippen LogP contribution in [0.15, 0.2) is 23.8 Å². The van der Waals surface area contributed by atoms with Crippen LogP contribution in [-0.2, 0) is 20.9 Å². The molecule has 0 heterocycles. The van der Waals surface area contributed by atoms with Gasteiger partial charge < -0.3 is 10.1 Å². The average molecular weight is 301 g/mol. The molecule has 0 saturated carbocycles. The van der Waals surface area contributed by atoms with Crippen LogP contribution in [0.5, 0.6) is 0 Å². The first-order valence-corrected chi connectivity index (χ1v) is 6.00. The van der Waals surface area contributed by atoms with Crippen LogP contribution in [0.3, 0.4) is 0 Å². The molecule has 1 rings (SSSR count). The number of hydrogen-bond acceptors (Lipinski definition) is 3. The summed E-state index contributed by atoms with van der Waals surface area (Å²) < 4.78 is 44.1. The molecule has 1 aromatic rings. The Morgan fingerprint density at radius 2 is 1.81 bits per heavy atom. The van der Waals surface area contributed by atoms with E-state index in [2.05, 4.69) is 10.1 Å². The Balaban J connectivity index is 2.79. The fraction of sp³-hybridized carbons (Fsp3) is 0.286. The smallest absolute Gasteiger partial charge is 0.254 e. The van der Waals surface area contributed by atoms with Gasteiger partial charge in [-0.1, -0.05) is 6.08 Å². The van der Waals surface area contributed by atoms with Crippen molar-refractivity contribution in [2.45, 2.75) is 13.5 Å². The highest BCUT2D eigenvalue weighted by atomic mass is 19.1. The molecule has 0 saturated heterocycles. The predicted octanol–water partition coefficient (Wildman–Crippen LogP) is 1.88. The predicted molar refractivity (Wildman–Crippen MR) is 68.8 cm³/mol. The second-order valence-corrected chi connectivity index (χ2v) is 4.09. The number of benzene rings is 1. The van der Waals surface area contributed by atoms with Gasteiger partial charge in [0.15, 0.2) is 5.78 Å². The van der Waals surface area contributed by atoms with Crippen molar-refractivity contribution in [2.75, 3.05) is 13.7 Å². The van der Waals surface area contributed by atoms with Gasteiger partial charge in [-0.05, 0) is 6.92 Å². The van der Waals surface area contributed by atoms with Crippen LogP contribution in [0.1, 0.15) is 12.5 Å². The second kappa shape index (κ2) is 7.58. The third-order valence-electron chi connectivity index (χ3n) is 2.64. The van der Waals surface area contributed by atoms with Crippen LogP contribution < -0.4 is 5.32 Å². The maximum atomic E-state index is 13.4. The summed E-state index contributed by atoms with van der Waals surface area (Å²) in [6, 6.07) is 1.02. The second-order valence-electron chi connectivity index (χ2n) is 4.09. The number of halogens is 3. The van der Waals surface area contributed by atoms with Crippen LogP contribution in [0.4, 0.5) is 13.2 Å². The number of Topliss-reactive ketones (excluding diaryl/α,β-unsaturated/α-hetero) is 1. The summed E-state index contributed by atoms with van der Waals surface area (Å²) in [5, 5.41) is 2.20. The third-order valence-corrected chi connectivity index (χ3v) is 2.64. The van der Waals surface area contributed by atoms with Gasteiger partial charge >= 0.3 is 0 Å². The van der Waals surface area contributed by atoms with Crippen LogP contribution >= 0.6 is 0 Å². The first-order chi connectivity index (χ1) is 9.90. The summed E-state index contributed by atoms with van der Waals surface area (Å²) in [5.41, 5.74) is -0.667. The molecule has 1 N–H and O–H groups in total. The maximum Gasteiger partial charge on any atom is 0.254 e. The van der Waals surface area contributed by atoms with Crippen molar-refractivity contribution in [3.05, 3.63) is 46.8 Å². The largest absolute Gasteiger partial charge is 0.377 e. The minimum Gasteiger partial charge on any atom is -0.377 e. The Morgan fingerprint density at radius 3 is 2.29 bits per heavy atom. The van der Waals surface area contributed by atoms with E-state index in [1.54, 1.807) is 0 Å². The van der Waals surface area contributed by atoms with Gasteiger partial charge in [0.2, 0.25) is 0 Å². The number of carbonyl (C=O) groups is 2. The van der Waals surface area contributed by atoms with E-state index in [0.29, 0.717) is 12.1 Å². The van der Waals surface area contributed by atoms with Crippen molar-refractivity contribution < 1.29 is 27.5 Å².